The third-order valence-corrected chi connectivity index (χ3v) is 6.83. The van der Waals surface area contributed by atoms with Crippen LogP contribution in [0.3, 0.4) is 0 Å². The lowest BCUT2D eigenvalue weighted by atomic mass is 10.0. The Bertz CT molecular complexity index is 1490. The Morgan fingerprint density at radius 3 is 2.55 bits per heavy atom. The van der Waals surface area contributed by atoms with Crippen LogP contribution in [0.15, 0.2) is 60.8 Å². The number of piperazine rings is 1. The molecule has 0 amide bonds. The molecule has 1 saturated heterocycles. The van der Waals surface area contributed by atoms with Crippen molar-refractivity contribution in [1.82, 2.24) is 24.4 Å². The quantitative estimate of drug-likeness (QED) is 0.384. The van der Waals surface area contributed by atoms with Crippen molar-refractivity contribution in [1.29, 1.82) is 0 Å². The molecular weight excluding hydrogens is 489 g/mol. The Kier molecular flexibility index (Phi) is 7.36. The van der Waals surface area contributed by atoms with Crippen LogP contribution >= 0.6 is 0 Å². The molecule has 0 aliphatic carbocycles. The summed E-state index contributed by atoms with van der Waals surface area (Å²) in [7, 11) is 2.03. The number of aryl methyl sites for hydroxylation is 1. The predicted molar refractivity (Wildman–Crippen MR) is 142 cm³/mol. The molecule has 0 bridgehead atoms. The highest BCUT2D eigenvalue weighted by Gasteiger charge is 2.34. The van der Waals surface area contributed by atoms with Crippen LogP contribution in [-0.4, -0.2) is 57.6 Å². The molecule has 196 valence electrons. The topological polar surface area (TPSA) is 48.7 Å². The van der Waals surface area contributed by atoms with Crippen molar-refractivity contribution in [2.75, 3.05) is 38.5 Å². The molecule has 5 rings (SSSR count). The Balaban J connectivity index is 1.31. The lowest BCUT2D eigenvalue weighted by Gasteiger charge is -2.33. The number of anilines is 1. The second kappa shape index (κ2) is 10.9. The van der Waals surface area contributed by atoms with Crippen LogP contribution in [0.4, 0.5) is 18.9 Å². The fourth-order valence-corrected chi connectivity index (χ4v) is 4.50. The van der Waals surface area contributed by atoms with Crippen molar-refractivity contribution >= 4 is 11.3 Å². The standard InChI is InChI=1S/C29H29F3N6/c1-21-6-7-22(17-23(21)9-11-28-35-34-27-5-3-4-12-38(27)28)19-33-25-10-8-24(26(18-25)29(30,31)32)20-37-15-13-36(2)14-16-37/h3-8,10,12,17-18,33H,13-16,19-20H2,1-2H3. The second-order valence-electron chi connectivity index (χ2n) is 9.65. The number of aromatic nitrogens is 3. The summed E-state index contributed by atoms with van der Waals surface area (Å²) in [4.78, 5) is 4.27. The van der Waals surface area contributed by atoms with Gasteiger partial charge in [0.2, 0.25) is 5.82 Å². The Morgan fingerprint density at radius 1 is 0.947 bits per heavy atom. The van der Waals surface area contributed by atoms with Crippen LogP contribution in [0, 0.1) is 18.8 Å². The van der Waals surface area contributed by atoms with Gasteiger partial charge >= 0.3 is 6.18 Å². The van der Waals surface area contributed by atoms with E-state index in [0.29, 0.717) is 30.2 Å². The van der Waals surface area contributed by atoms with E-state index in [1.165, 1.54) is 6.07 Å². The molecular formula is C29H29F3N6. The minimum atomic E-state index is -4.42. The molecule has 6 nitrogen and oxygen atoms in total. The van der Waals surface area contributed by atoms with Crippen LogP contribution in [0.5, 0.6) is 0 Å². The number of rotatable bonds is 5. The van der Waals surface area contributed by atoms with Gasteiger partial charge in [0.05, 0.1) is 5.56 Å². The van der Waals surface area contributed by atoms with Gasteiger partial charge in [-0.25, -0.2) is 0 Å². The normalized spacial score (nSPS) is 14.9. The zero-order chi connectivity index (χ0) is 26.7. The number of hydrogen-bond acceptors (Lipinski definition) is 5. The maximum Gasteiger partial charge on any atom is 0.416 e. The van der Waals surface area contributed by atoms with E-state index in [9.17, 15) is 13.2 Å². The van der Waals surface area contributed by atoms with Crippen LogP contribution in [0.2, 0.25) is 0 Å². The highest BCUT2D eigenvalue weighted by Crippen LogP contribution is 2.34. The van der Waals surface area contributed by atoms with E-state index in [1.807, 2.05) is 61.0 Å². The number of hydrogen-bond donors (Lipinski definition) is 1. The monoisotopic (exact) mass is 518 g/mol. The first-order valence-electron chi connectivity index (χ1n) is 12.5. The molecule has 4 aromatic rings. The molecule has 0 atom stereocenters. The van der Waals surface area contributed by atoms with E-state index in [-0.39, 0.29) is 0 Å². The fourth-order valence-electron chi connectivity index (χ4n) is 4.50. The van der Waals surface area contributed by atoms with Crippen molar-refractivity contribution in [3.05, 3.63) is 94.4 Å². The van der Waals surface area contributed by atoms with E-state index < -0.39 is 11.7 Å². The SMILES string of the molecule is Cc1ccc(CNc2ccc(CN3CCN(C)CC3)c(C(F)(F)F)c2)cc1C#Cc1nnc2ccccn12. The lowest BCUT2D eigenvalue weighted by molar-refractivity contribution is -0.138. The molecule has 2 aromatic heterocycles. The first-order chi connectivity index (χ1) is 18.3. The molecule has 0 spiro atoms. The van der Waals surface area contributed by atoms with E-state index in [2.05, 4.69) is 37.2 Å². The van der Waals surface area contributed by atoms with Crippen LogP contribution in [-0.2, 0) is 19.3 Å². The molecule has 38 heavy (non-hydrogen) atoms. The number of nitrogens with zero attached hydrogens (tertiary/aromatic N) is 5. The van der Waals surface area contributed by atoms with E-state index in [0.717, 1.165) is 48.5 Å². The Hall–Kier alpha value is -3.87. The van der Waals surface area contributed by atoms with E-state index >= 15 is 0 Å². The number of alkyl halides is 3. The minimum absolute atomic E-state index is 0.296. The molecule has 0 radical (unpaired) electrons. The van der Waals surface area contributed by atoms with Gasteiger partial charge in [-0.3, -0.25) is 9.30 Å². The van der Waals surface area contributed by atoms with Crippen molar-refractivity contribution in [2.45, 2.75) is 26.2 Å². The van der Waals surface area contributed by atoms with Crippen LogP contribution < -0.4 is 5.32 Å². The van der Waals surface area contributed by atoms with Gasteiger partial charge in [-0.2, -0.15) is 13.2 Å². The fraction of sp³-hybridized carbons (Fsp3) is 0.310. The molecule has 9 heteroatoms. The van der Waals surface area contributed by atoms with Gasteiger partial charge in [0.15, 0.2) is 5.65 Å². The van der Waals surface area contributed by atoms with Crippen molar-refractivity contribution in [3.8, 4) is 11.8 Å². The number of halogens is 3. The smallest absolute Gasteiger partial charge is 0.381 e. The van der Waals surface area contributed by atoms with Gasteiger partial charge in [-0.05, 0) is 66.9 Å². The Labute approximate surface area is 220 Å². The zero-order valence-electron chi connectivity index (χ0n) is 21.4. The summed E-state index contributed by atoms with van der Waals surface area (Å²) in [5, 5.41) is 11.4. The lowest BCUT2D eigenvalue weighted by Crippen LogP contribution is -2.44. The summed E-state index contributed by atoms with van der Waals surface area (Å²) in [6.45, 7) is 5.89. The van der Waals surface area contributed by atoms with Crippen LogP contribution in [0.1, 0.15) is 33.6 Å². The van der Waals surface area contributed by atoms with Gasteiger partial charge in [-0.1, -0.05) is 30.2 Å². The molecule has 1 aliphatic rings. The zero-order valence-corrected chi connectivity index (χ0v) is 21.4. The summed E-state index contributed by atoms with van der Waals surface area (Å²) >= 11 is 0. The van der Waals surface area contributed by atoms with Gasteiger partial charge in [0, 0.05) is 56.7 Å². The first-order valence-corrected chi connectivity index (χ1v) is 12.5. The molecule has 0 unspecified atom stereocenters. The maximum absolute atomic E-state index is 13.9. The maximum atomic E-state index is 13.9. The van der Waals surface area contributed by atoms with E-state index in [1.54, 1.807) is 12.1 Å². The number of pyridine rings is 1. The van der Waals surface area contributed by atoms with Gasteiger partial charge in [-0.15, -0.1) is 10.2 Å². The molecule has 0 saturated carbocycles. The molecule has 1 aliphatic heterocycles. The number of benzene rings is 2. The third kappa shape index (κ3) is 5.98. The number of likely N-dealkylation sites (N-methyl/N-ethyl adjacent to an activating group) is 1. The average Bonchev–Trinajstić information content (AvgIpc) is 3.32. The van der Waals surface area contributed by atoms with Crippen molar-refractivity contribution < 1.29 is 13.2 Å². The van der Waals surface area contributed by atoms with Crippen LogP contribution in [0.25, 0.3) is 5.65 Å². The number of fused-ring (bicyclic) bond motifs is 1. The summed E-state index contributed by atoms with van der Waals surface area (Å²) < 4.78 is 43.6. The van der Waals surface area contributed by atoms with E-state index in [4.69, 9.17) is 0 Å². The molecule has 2 aromatic carbocycles. The Morgan fingerprint density at radius 2 is 1.76 bits per heavy atom. The highest BCUT2D eigenvalue weighted by atomic mass is 19.4. The third-order valence-electron chi connectivity index (χ3n) is 6.83. The summed E-state index contributed by atoms with van der Waals surface area (Å²) in [6.07, 6.45) is -2.56. The van der Waals surface area contributed by atoms with Gasteiger partial charge in [0.1, 0.15) is 0 Å². The summed E-state index contributed by atoms with van der Waals surface area (Å²) in [5.41, 5.74) is 3.63. The predicted octanol–water partition coefficient (Wildman–Crippen LogP) is 4.82. The average molecular weight is 519 g/mol. The van der Waals surface area contributed by atoms with Gasteiger partial charge < -0.3 is 10.2 Å². The summed E-state index contributed by atoms with van der Waals surface area (Å²) in [6, 6.07) is 16.0. The number of nitrogens with one attached hydrogen (secondary N) is 1. The van der Waals surface area contributed by atoms with Gasteiger partial charge in [0.25, 0.3) is 0 Å². The second-order valence-corrected chi connectivity index (χ2v) is 9.65. The molecule has 1 N–H and O–H groups in total. The largest absolute Gasteiger partial charge is 0.416 e. The molecule has 1 fully saturated rings. The molecule has 3 heterocycles. The highest BCUT2D eigenvalue weighted by molar-refractivity contribution is 5.52. The minimum Gasteiger partial charge on any atom is -0.381 e. The van der Waals surface area contributed by atoms with Crippen molar-refractivity contribution in [2.24, 2.45) is 0 Å². The first kappa shape index (κ1) is 25.8. The summed E-state index contributed by atoms with van der Waals surface area (Å²) in [5.74, 6) is 6.79. The van der Waals surface area contributed by atoms with Crippen molar-refractivity contribution in [3.63, 3.8) is 0 Å².